The SMILES string of the molecule is Cc1ccc(C(=NCCc2c[nH]c3ccccc23)c2c(O)n(-c3ccc(Br)cc3)c(=O)[nH]c2=O)cc1. The van der Waals surface area contributed by atoms with Crippen LogP contribution in [0.5, 0.6) is 5.88 Å². The van der Waals surface area contributed by atoms with E-state index in [1.165, 1.54) is 0 Å². The van der Waals surface area contributed by atoms with Gasteiger partial charge in [0.05, 0.1) is 11.4 Å². The highest BCUT2D eigenvalue weighted by atomic mass is 79.9. The van der Waals surface area contributed by atoms with E-state index in [4.69, 9.17) is 4.99 Å². The molecule has 0 aliphatic rings. The van der Waals surface area contributed by atoms with E-state index in [0.717, 1.165) is 31.1 Å². The molecule has 0 aliphatic heterocycles. The molecule has 0 amide bonds. The van der Waals surface area contributed by atoms with Crippen molar-refractivity contribution in [2.75, 3.05) is 6.54 Å². The van der Waals surface area contributed by atoms with E-state index in [2.05, 4.69) is 32.0 Å². The number of nitrogens with one attached hydrogen (secondary N) is 2. The van der Waals surface area contributed by atoms with E-state index in [1.54, 1.807) is 24.3 Å². The second-order valence-electron chi connectivity index (χ2n) is 8.48. The maximum absolute atomic E-state index is 13.0. The molecule has 0 spiro atoms. The van der Waals surface area contributed by atoms with Crippen LogP contribution in [0.2, 0.25) is 0 Å². The lowest BCUT2D eigenvalue weighted by Crippen LogP contribution is -2.33. The van der Waals surface area contributed by atoms with Crippen molar-refractivity contribution in [2.45, 2.75) is 13.3 Å². The first kappa shape index (κ1) is 23.6. The Morgan fingerprint density at radius 2 is 1.72 bits per heavy atom. The Hall–Kier alpha value is -4.17. The maximum atomic E-state index is 13.0. The summed E-state index contributed by atoms with van der Waals surface area (Å²) in [5.41, 5.74) is 3.13. The summed E-state index contributed by atoms with van der Waals surface area (Å²) in [6, 6.07) is 22.4. The minimum atomic E-state index is -0.731. The van der Waals surface area contributed by atoms with Gasteiger partial charge in [-0.05, 0) is 49.2 Å². The first-order chi connectivity index (χ1) is 17.4. The highest BCUT2D eigenvalue weighted by Gasteiger charge is 2.21. The van der Waals surface area contributed by atoms with Crippen LogP contribution in [0.15, 0.2) is 98.0 Å². The molecule has 7 nitrogen and oxygen atoms in total. The first-order valence-electron chi connectivity index (χ1n) is 11.4. The molecule has 8 heteroatoms. The summed E-state index contributed by atoms with van der Waals surface area (Å²) in [6.07, 6.45) is 2.59. The number of benzene rings is 3. The van der Waals surface area contributed by atoms with Gasteiger partial charge in [-0.1, -0.05) is 64.0 Å². The minimum absolute atomic E-state index is 0.0553. The van der Waals surface area contributed by atoms with E-state index in [1.807, 2.05) is 55.6 Å². The normalized spacial score (nSPS) is 11.8. The van der Waals surface area contributed by atoms with Crippen LogP contribution in [0, 0.1) is 6.92 Å². The molecular weight excluding hydrogens is 520 g/mol. The third-order valence-electron chi connectivity index (χ3n) is 6.06. The standard InChI is InChI=1S/C28H23BrN4O3/c1-17-6-8-18(9-7-17)25(30-15-14-19-16-31-23-5-3-2-4-22(19)23)24-26(34)32-28(36)33(27(24)35)21-12-10-20(29)11-13-21/h2-13,16,31,35H,14-15H2,1H3,(H,32,34,36). The number of hydrogen-bond donors (Lipinski definition) is 3. The van der Waals surface area contributed by atoms with Gasteiger partial charge in [-0.3, -0.25) is 14.8 Å². The van der Waals surface area contributed by atoms with Crippen LogP contribution in [-0.2, 0) is 6.42 Å². The number of aromatic hydroxyl groups is 1. The predicted octanol–water partition coefficient (Wildman–Crippen LogP) is 4.86. The Kier molecular flexibility index (Phi) is 6.43. The molecule has 0 atom stereocenters. The number of H-pyrrole nitrogens is 2. The van der Waals surface area contributed by atoms with Gasteiger partial charge in [-0.25, -0.2) is 9.36 Å². The summed E-state index contributed by atoms with van der Waals surface area (Å²) >= 11 is 3.37. The minimum Gasteiger partial charge on any atom is -0.493 e. The Morgan fingerprint density at radius 1 is 1.00 bits per heavy atom. The molecule has 5 aromatic rings. The smallest absolute Gasteiger partial charge is 0.335 e. The number of halogens is 1. The van der Waals surface area contributed by atoms with E-state index < -0.39 is 17.1 Å². The van der Waals surface area contributed by atoms with Crippen LogP contribution in [0.25, 0.3) is 16.6 Å². The lowest BCUT2D eigenvalue weighted by Gasteiger charge is -2.14. The van der Waals surface area contributed by atoms with Crippen molar-refractivity contribution in [3.05, 3.63) is 127 Å². The van der Waals surface area contributed by atoms with E-state index >= 15 is 0 Å². The number of aromatic nitrogens is 3. The average Bonchev–Trinajstić information content (AvgIpc) is 3.28. The topological polar surface area (TPSA) is 103 Å². The fourth-order valence-corrected chi connectivity index (χ4v) is 4.49. The Bertz CT molecular complexity index is 1690. The number of fused-ring (bicyclic) bond motifs is 1. The summed E-state index contributed by atoms with van der Waals surface area (Å²) in [4.78, 5) is 36.1. The van der Waals surface area contributed by atoms with Crippen molar-refractivity contribution in [3.8, 4) is 11.6 Å². The van der Waals surface area contributed by atoms with Crippen molar-refractivity contribution >= 4 is 32.5 Å². The van der Waals surface area contributed by atoms with E-state index in [0.29, 0.717) is 29.9 Å². The lowest BCUT2D eigenvalue weighted by molar-refractivity contribution is 0.430. The molecule has 5 rings (SSSR count). The van der Waals surface area contributed by atoms with Crippen molar-refractivity contribution in [2.24, 2.45) is 4.99 Å². The van der Waals surface area contributed by atoms with Crippen LogP contribution in [0.3, 0.4) is 0 Å². The lowest BCUT2D eigenvalue weighted by atomic mass is 10.0. The summed E-state index contributed by atoms with van der Waals surface area (Å²) in [5.74, 6) is -0.461. The fraction of sp³-hybridized carbons (Fsp3) is 0.107. The van der Waals surface area contributed by atoms with Gasteiger partial charge in [-0.2, -0.15) is 0 Å². The van der Waals surface area contributed by atoms with Crippen LogP contribution < -0.4 is 11.2 Å². The third kappa shape index (κ3) is 4.55. The van der Waals surface area contributed by atoms with Gasteiger partial charge >= 0.3 is 5.69 Å². The van der Waals surface area contributed by atoms with Crippen LogP contribution in [0.4, 0.5) is 0 Å². The Morgan fingerprint density at radius 3 is 2.47 bits per heavy atom. The molecule has 0 saturated heterocycles. The number of aliphatic imine (C=N–C) groups is 1. The molecule has 0 aliphatic carbocycles. The van der Waals surface area contributed by atoms with Crippen LogP contribution >= 0.6 is 15.9 Å². The van der Waals surface area contributed by atoms with E-state index in [-0.39, 0.29) is 5.56 Å². The molecular formula is C28H23BrN4O3. The first-order valence-corrected chi connectivity index (χ1v) is 12.2. The zero-order valence-electron chi connectivity index (χ0n) is 19.5. The van der Waals surface area contributed by atoms with Crippen LogP contribution in [0.1, 0.15) is 22.3 Å². The van der Waals surface area contributed by atoms with Crippen molar-refractivity contribution in [1.82, 2.24) is 14.5 Å². The highest BCUT2D eigenvalue weighted by Crippen LogP contribution is 2.23. The maximum Gasteiger partial charge on any atom is 0.335 e. The number of rotatable bonds is 6. The molecule has 2 heterocycles. The Labute approximate surface area is 214 Å². The molecule has 180 valence electrons. The summed E-state index contributed by atoms with van der Waals surface area (Å²) in [6.45, 7) is 2.34. The van der Waals surface area contributed by atoms with Gasteiger partial charge in [0.2, 0.25) is 5.88 Å². The van der Waals surface area contributed by atoms with Gasteiger partial charge in [0.15, 0.2) is 0 Å². The van der Waals surface area contributed by atoms with Crippen molar-refractivity contribution in [1.29, 1.82) is 0 Å². The summed E-state index contributed by atoms with van der Waals surface area (Å²) < 4.78 is 1.90. The second kappa shape index (κ2) is 9.83. The molecule has 3 N–H and O–H groups in total. The highest BCUT2D eigenvalue weighted by molar-refractivity contribution is 9.10. The number of aromatic amines is 2. The van der Waals surface area contributed by atoms with Gasteiger partial charge in [0.1, 0.15) is 5.56 Å². The monoisotopic (exact) mass is 542 g/mol. The van der Waals surface area contributed by atoms with Gasteiger partial charge < -0.3 is 10.1 Å². The molecule has 36 heavy (non-hydrogen) atoms. The average molecular weight is 543 g/mol. The number of aryl methyl sites for hydroxylation is 1. The summed E-state index contributed by atoms with van der Waals surface area (Å²) in [7, 11) is 0. The fourth-order valence-electron chi connectivity index (χ4n) is 4.22. The molecule has 3 aromatic carbocycles. The molecule has 2 aromatic heterocycles. The van der Waals surface area contributed by atoms with Crippen molar-refractivity contribution in [3.63, 3.8) is 0 Å². The Balaban J connectivity index is 1.62. The number of nitrogens with zero attached hydrogens (tertiary/aromatic N) is 2. The zero-order chi connectivity index (χ0) is 25.2. The van der Waals surface area contributed by atoms with Gasteiger partial charge in [-0.15, -0.1) is 0 Å². The third-order valence-corrected chi connectivity index (χ3v) is 6.59. The number of hydrogen-bond acceptors (Lipinski definition) is 4. The largest absolute Gasteiger partial charge is 0.493 e. The molecule has 0 saturated carbocycles. The predicted molar refractivity (Wildman–Crippen MR) is 146 cm³/mol. The number of para-hydroxylation sites is 1. The van der Waals surface area contributed by atoms with Crippen molar-refractivity contribution < 1.29 is 5.11 Å². The summed E-state index contributed by atoms with van der Waals surface area (Å²) in [5, 5.41) is 12.3. The van der Waals surface area contributed by atoms with Gasteiger partial charge in [0, 0.05) is 33.7 Å². The van der Waals surface area contributed by atoms with Crippen LogP contribution in [-0.4, -0.2) is 31.9 Å². The molecule has 0 fully saturated rings. The second-order valence-corrected chi connectivity index (χ2v) is 9.39. The molecule has 0 unspecified atom stereocenters. The quantitative estimate of drug-likeness (QED) is 0.267. The zero-order valence-corrected chi connectivity index (χ0v) is 21.0. The van der Waals surface area contributed by atoms with Gasteiger partial charge in [0.25, 0.3) is 5.56 Å². The van der Waals surface area contributed by atoms with E-state index in [9.17, 15) is 14.7 Å². The molecule has 0 bridgehead atoms. The molecule has 0 radical (unpaired) electrons.